The zero-order valence-electron chi connectivity index (χ0n) is 18.9. The van der Waals surface area contributed by atoms with Gasteiger partial charge in [-0.1, -0.05) is 24.3 Å². The molecule has 4 aliphatic rings. The summed E-state index contributed by atoms with van der Waals surface area (Å²) in [5.74, 6) is 2.42. The molecule has 4 fully saturated rings. The molecule has 4 aliphatic carbocycles. The van der Waals surface area contributed by atoms with Gasteiger partial charge in [-0.25, -0.2) is 8.42 Å². The van der Waals surface area contributed by atoms with Crippen molar-refractivity contribution in [3.8, 4) is 0 Å². The van der Waals surface area contributed by atoms with Gasteiger partial charge in [0.25, 0.3) is 15.9 Å². The summed E-state index contributed by atoms with van der Waals surface area (Å²) in [6.45, 7) is 0.774. The zero-order valence-corrected chi connectivity index (χ0v) is 19.7. The zero-order chi connectivity index (χ0) is 22.5. The van der Waals surface area contributed by atoms with Crippen LogP contribution in [0.4, 0.5) is 5.69 Å². The molecule has 5 nitrogen and oxygen atoms in total. The molecule has 0 atom stereocenters. The van der Waals surface area contributed by atoms with Gasteiger partial charge in [0, 0.05) is 26.2 Å². The van der Waals surface area contributed by atoms with Crippen molar-refractivity contribution in [2.75, 3.05) is 24.9 Å². The van der Waals surface area contributed by atoms with Crippen molar-refractivity contribution in [1.29, 1.82) is 0 Å². The minimum atomic E-state index is -3.75. The molecule has 0 aliphatic heterocycles. The second-order valence-corrected chi connectivity index (χ2v) is 12.4. The minimum absolute atomic E-state index is 0.0971. The first-order valence-corrected chi connectivity index (χ1v) is 13.1. The van der Waals surface area contributed by atoms with Crippen molar-refractivity contribution >= 4 is 21.6 Å². The van der Waals surface area contributed by atoms with Crippen LogP contribution in [0, 0.1) is 23.2 Å². The fourth-order valence-corrected chi connectivity index (χ4v) is 8.25. The van der Waals surface area contributed by atoms with E-state index < -0.39 is 10.0 Å². The maximum Gasteiger partial charge on any atom is 0.264 e. The van der Waals surface area contributed by atoms with Crippen molar-refractivity contribution in [1.82, 2.24) is 4.90 Å². The Balaban J connectivity index is 1.34. The van der Waals surface area contributed by atoms with Gasteiger partial charge >= 0.3 is 0 Å². The summed E-state index contributed by atoms with van der Waals surface area (Å²) >= 11 is 0. The Bertz CT molecular complexity index is 1080. The number of nitrogens with zero attached hydrogens (tertiary/aromatic N) is 2. The third-order valence-electron chi connectivity index (χ3n) is 7.94. The number of para-hydroxylation sites is 1. The van der Waals surface area contributed by atoms with Gasteiger partial charge in [0.15, 0.2) is 0 Å². The first kappa shape index (κ1) is 21.5. The molecule has 0 heterocycles. The standard InChI is InChI=1S/C26H32N2O3S/c1-27(18-26-15-19-11-20(16-26)13-21(12-19)17-26)25(29)22-7-6-10-24(14-22)32(30,31)28(2)23-8-4-3-5-9-23/h3-10,14,19-21H,11-13,15-18H2,1-2H3. The lowest BCUT2D eigenvalue weighted by molar-refractivity contribution is -0.0629. The average Bonchev–Trinajstić information content (AvgIpc) is 2.77. The highest BCUT2D eigenvalue weighted by atomic mass is 32.2. The van der Waals surface area contributed by atoms with Crippen LogP contribution >= 0.6 is 0 Å². The fraction of sp³-hybridized carbons (Fsp3) is 0.500. The van der Waals surface area contributed by atoms with Gasteiger partial charge in [-0.15, -0.1) is 0 Å². The largest absolute Gasteiger partial charge is 0.341 e. The molecule has 170 valence electrons. The molecule has 0 unspecified atom stereocenters. The fourth-order valence-electron chi connectivity index (χ4n) is 7.00. The number of hydrogen-bond acceptors (Lipinski definition) is 3. The van der Waals surface area contributed by atoms with Crippen LogP contribution in [0.1, 0.15) is 48.9 Å². The number of carbonyl (C=O) groups is 1. The van der Waals surface area contributed by atoms with E-state index in [1.165, 1.54) is 48.9 Å². The molecule has 0 N–H and O–H groups in total. The van der Waals surface area contributed by atoms with E-state index in [9.17, 15) is 13.2 Å². The first-order valence-electron chi connectivity index (χ1n) is 11.7. The Morgan fingerprint density at radius 1 is 0.906 bits per heavy atom. The number of hydrogen-bond donors (Lipinski definition) is 0. The monoisotopic (exact) mass is 452 g/mol. The summed E-state index contributed by atoms with van der Waals surface area (Å²) in [5, 5.41) is 0. The third-order valence-corrected chi connectivity index (χ3v) is 9.73. The topological polar surface area (TPSA) is 57.7 Å². The molecule has 2 aromatic rings. The normalized spacial score (nSPS) is 28.5. The second kappa shape index (κ2) is 7.91. The number of sulfonamides is 1. The minimum Gasteiger partial charge on any atom is -0.341 e. The third kappa shape index (κ3) is 3.83. The van der Waals surface area contributed by atoms with E-state index in [1.807, 2.05) is 18.0 Å². The number of benzene rings is 2. The Morgan fingerprint density at radius 3 is 2.09 bits per heavy atom. The van der Waals surface area contributed by atoms with Crippen molar-refractivity contribution in [2.24, 2.45) is 23.2 Å². The van der Waals surface area contributed by atoms with Crippen LogP contribution in [-0.2, 0) is 10.0 Å². The second-order valence-electron chi connectivity index (χ2n) is 10.4. The van der Waals surface area contributed by atoms with E-state index in [0.29, 0.717) is 11.3 Å². The lowest BCUT2D eigenvalue weighted by Crippen LogP contribution is -2.51. The summed E-state index contributed by atoms with van der Waals surface area (Å²) < 4.78 is 27.6. The number of carbonyl (C=O) groups excluding carboxylic acids is 1. The lowest BCUT2D eigenvalue weighted by atomic mass is 9.49. The molecule has 0 radical (unpaired) electrons. The van der Waals surface area contributed by atoms with E-state index in [1.54, 1.807) is 49.5 Å². The summed E-state index contributed by atoms with van der Waals surface area (Å²) in [7, 11) is -0.342. The Labute approximate surface area is 191 Å². The SMILES string of the molecule is CN(CC12CC3CC(CC(C3)C1)C2)C(=O)c1cccc(S(=O)(=O)N(C)c2ccccc2)c1. The van der Waals surface area contributed by atoms with Crippen molar-refractivity contribution in [3.05, 3.63) is 60.2 Å². The molecule has 6 heteroatoms. The van der Waals surface area contributed by atoms with Gasteiger partial charge in [0.2, 0.25) is 0 Å². The Morgan fingerprint density at radius 2 is 1.50 bits per heavy atom. The van der Waals surface area contributed by atoms with E-state index in [4.69, 9.17) is 0 Å². The smallest absolute Gasteiger partial charge is 0.264 e. The van der Waals surface area contributed by atoms with Gasteiger partial charge in [0.1, 0.15) is 0 Å². The summed E-state index contributed by atoms with van der Waals surface area (Å²) in [5.41, 5.74) is 1.28. The average molecular weight is 453 g/mol. The first-order chi connectivity index (χ1) is 15.3. The van der Waals surface area contributed by atoms with E-state index in [-0.39, 0.29) is 16.2 Å². The Hall–Kier alpha value is -2.34. The van der Waals surface area contributed by atoms with E-state index in [0.717, 1.165) is 24.3 Å². The highest BCUT2D eigenvalue weighted by Crippen LogP contribution is 2.60. The summed E-state index contributed by atoms with van der Waals surface area (Å²) in [6.07, 6.45) is 7.87. The molecule has 0 spiro atoms. The lowest BCUT2D eigenvalue weighted by Gasteiger charge is -2.57. The Kier molecular flexibility index (Phi) is 5.31. The molecule has 4 saturated carbocycles. The van der Waals surface area contributed by atoms with Gasteiger partial charge in [-0.3, -0.25) is 9.10 Å². The highest BCUT2D eigenvalue weighted by Gasteiger charge is 2.51. The molecule has 1 amide bonds. The quantitative estimate of drug-likeness (QED) is 0.633. The van der Waals surface area contributed by atoms with Gasteiger partial charge in [-0.2, -0.15) is 0 Å². The predicted molar refractivity (Wildman–Crippen MR) is 126 cm³/mol. The van der Waals surface area contributed by atoms with Gasteiger partial charge < -0.3 is 4.90 Å². The van der Waals surface area contributed by atoms with Crippen LogP contribution in [0.2, 0.25) is 0 Å². The van der Waals surface area contributed by atoms with Crippen molar-refractivity contribution in [3.63, 3.8) is 0 Å². The van der Waals surface area contributed by atoms with Crippen LogP contribution < -0.4 is 4.31 Å². The molecule has 2 aromatic carbocycles. The molecular weight excluding hydrogens is 420 g/mol. The number of amides is 1. The molecular formula is C26H32N2O3S. The van der Waals surface area contributed by atoms with Gasteiger partial charge in [0.05, 0.1) is 10.6 Å². The predicted octanol–water partition coefficient (Wildman–Crippen LogP) is 4.80. The molecule has 32 heavy (non-hydrogen) atoms. The molecule has 6 rings (SSSR count). The maximum absolute atomic E-state index is 13.3. The van der Waals surface area contributed by atoms with Crippen LogP contribution in [0.15, 0.2) is 59.5 Å². The molecule has 0 aromatic heterocycles. The summed E-state index contributed by atoms with van der Waals surface area (Å²) in [4.78, 5) is 15.3. The summed E-state index contributed by atoms with van der Waals surface area (Å²) in [6, 6.07) is 15.4. The van der Waals surface area contributed by atoms with Crippen molar-refractivity contribution < 1.29 is 13.2 Å². The maximum atomic E-state index is 13.3. The number of rotatable bonds is 6. The van der Waals surface area contributed by atoms with Crippen LogP contribution in [0.5, 0.6) is 0 Å². The van der Waals surface area contributed by atoms with E-state index >= 15 is 0 Å². The van der Waals surface area contributed by atoms with Crippen LogP contribution in [-0.4, -0.2) is 39.9 Å². The number of anilines is 1. The van der Waals surface area contributed by atoms with Crippen LogP contribution in [0.3, 0.4) is 0 Å². The molecule has 4 bridgehead atoms. The highest BCUT2D eigenvalue weighted by molar-refractivity contribution is 7.92. The van der Waals surface area contributed by atoms with E-state index in [2.05, 4.69) is 0 Å². The van der Waals surface area contributed by atoms with Crippen molar-refractivity contribution in [2.45, 2.75) is 43.4 Å². The van der Waals surface area contributed by atoms with Gasteiger partial charge in [-0.05, 0) is 92.0 Å². The van der Waals surface area contributed by atoms with Crippen LogP contribution in [0.25, 0.3) is 0 Å². The molecule has 0 saturated heterocycles.